The number of piperazine rings is 1. The van der Waals surface area contributed by atoms with Crippen molar-refractivity contribution in [3.05, 3.63) is 28.5 Å². The first-order valence-electron chi connectivity index (χ1n) is 5.43. The van der Waals surface area contributed by atoms with Crippen LogP contribution in [0.25, 0.3) is 0 Å². The number of nitrogens with zero attached hydrogens (tertiary/aromatic N) is 2. The number of nitrogens with one attached hydrogen (secondary N) is 1. The lowest BCUT2D eigenvalue weighted by atomic mass is 10.1. The van der Waals surface area contributed by atoms with Crippen LogP contribution in [-0.2, 0) is 0 Å². The monoisotopic (exact) mass is 359 g/mol. The molecule has 2 rings (SSSR count). The number of hydrogen-bond acceptors (Lipinski definition) is 3. The van der Waals surface area contributed by atoms with E-state index in [1.165, 1.54) is 0 Å². The molecular formula is C11H17BrCl2FN3. The standard InChI is InChI=1S/C11H15BrFN3.2ClH/c12-9-1-2-10(15-8-9)11(7-13)16-5-3-14-4-6-16;;/h1-2,8,11,14H,3-7H2;2*1H/t11-;;/m1../s1. The van der Waals surface area contributed by atoms with Crippen molar-refractivity contribution in [3.63, 3.8) is 0 Å². The Bertz CT molecular complexity index is 334. The van der Waals surface area contributed by atoms with E-state index < -0.39 is 0 Å². The summed E-state index contributed by atoms with van der Waals surface area (Å²) in [5.74, 6) is 0. The topological polar surface area (TPSA) is 28.2 Å². The van der Waals surface area contributed by atoms with E-state index in [1.54, 1.807) is 6.20 Å². The van der Waals surface area contributed by atoms with Crippen molar-refractivity contribution >= 4 is 40.7 Å². The summed E-state index contributed by atoms with van der Waals surface area (Å²) >= 11 is 3.33. The minimum Gasteiger partial charge on any atom is -0.314 e. The fraction of sp³-hybridized carbons (Fsp3) is 0.545. The molecule has 1 N–H and O–H groups in total. The van der Waals surface area contributed by atoms with Crippen LogP contribution in [-0.4, -0.2) is 42.7 Å². The van der Waals surface area contributed by atoms with Crippen molar-refractivity contribution in [2.45, 2.75) is 6.04 Å². The number of halogens is 4. The van der Waals surface area contributed by atoms with Gasteiger partial charge in [-0.2, -0.15) is 0 Å². The second-order valence-corrected chi connectivity index (χ2v) is 4.77. The largest absolute Gasteiger partial charge is 0.314 e. The summed E-state index contributed by atoms with van der Waals surface area (Å²) in [7, 11) is 0. The van der Waals surface area contributed by atoms with E-state index in [0.29, 0.717) is 0 Å². The molecule has 0 spiro atoms. The Labute approximate surface area is 127 Å². The van der Waals surface area contributed by atoms with Gasteiger partial charge in [-0.3, -0.25) is 9.88 Å². The van der Waals surface area contributed by atoms with Crippen LogP contribution < -0.4 is 5.32 Å². The maximum absolute atomic E-state index is 13.1. The number of rotatable bonds is 3. The summed E-state index contributed by atoms with van der Waals surface area (Å²) in [6, 6.07) is 3.60. The van der Waals surface area contributed by atoms with Crippen molar-refractivity contribution < 1.29 is 4.39 Å². The van der Waals surface area contributed by atoms with E-state index in [2.05, 4.69) is 31.1 Å². The molecule has 2 heterocycles. The third kappa shape index (κ3) is 4.63. The van der Waals surface area contributed by atoms with Crippen LogP contribution in [0.2, 0.25) is 0 Å². The molecule has 1 atom stereocenters. The number of pyridine rings is 1. The zero-order valence-corrected chi connectivity index (χ0v) is 13.0. The highest BCUT2D eigenvalue weighted by Gasteiger charge is 2.22. The van der Waals surface area contributed by atoms with Gasteiger partial charge in [-0.1, -0.05) is 0 Å². The summed E-state index contributed by atoms with van der Waals surface area (Å²) in [6.07, 6.45) is 1.72. The van der Waals surface area contributed by atoms with Crippen LogP contribution in [0.5, 0.6) is 0 Å². The Morgan fingerprint density at radius 2 is 2.00 bits per heavy atom. The zero-order chi connectivity index (χ0) is 11.4. The fourth-order valence-corrected chi connectivity index (χ4v) is 2.18. The second kappa shape index (κ2) is 9.04. The zero-order valence-electron chi connectivity index (χ0n) is 9.81. The lowest BCUT2D eigenvalue weighted by molar-refractivity contribution is 0.144. The van der Waals surface area contributed by atoms with Gasteiger partial charge in [0.2, 0.25) is 0 Å². The molecule has 7 heteroatoms. The molecule has 0 bridgehead atoms. The van der Waals surface area contributed by atoms with Crippen LogP contribution in [0.15, 0.2) is 22.8 Å². The van der Waals surface area contributed by atoms with Gasteiger partial charge in [0, 0.05) is 36.8 Å². The van der Waals surface area contributed by atoms with Gasteiger partial charge in [-0.25, -0.2) is 4.39 Å². The highest BCUT2D eigenvalue weighted by molar-refractivity contribution is 9.10. The van der Waals surface area contributed by atoms with E-state index in [1.807, 2.05) is 12.1 Å². The Hall–Kier alpha value is 0.0600. The summed E-state index contributed by atoms with van der Waals surface area (Å²) in [5, 5.41) is 3.26. The van der Waals surface area contributed by atoms with Gasteiger partial charge in [-0.15, -0.1) is 24.8 Å². The minimum absolute atomic E-state index is 0. The molecule has 0 amide bonds. The number of hydrogen-bond donors (Lipinski definition) is 1. The van der Waals surface area contributed by atoms with Crippen LogP contribution >= 0.6 is 40.7 Å². The molecule has 1 aromatic heterocycles. The Morgan fingerprint density at radius 1 is 1.33 bits per heavy atom. The van der Waals surface area contributed by atoms with Crippen molar-refractivity contribution in [2.75, 3.05) is 32.9 Å². The molecule has 0 aliphatic carbocycles. The minimum atomic E-state index is -0.380. The van der Waals surface area contributed by atoms with E-state index in [4.69, 9.17) is 0 Å². The summed E-state index contributed by atoms with van der Waals surface area (Å²) in [4.78, 5) is 6.42. The lowest BCUT2D eigenvalue weighted by Gasteiger charge is -2.33. The van der Waals surface area contributed by atoms with Gasteiger partial charge in [0.05, 0.1) is 11.7 Å². The highest BCUT2D eigenvalue weighted by Crippen LogP contribution is 2.21. The number of aromatic nitrogens is 1. The molecule has 3 nitrogen and oxygen atoms in total. The number of alkyl halides is 1. The van der Waals surface area contributed by atoms with E-state index in [0.717, 1.165) is 36.3 Å². The third-order valence-electron chi connectivity index (χ3n) is 2.83. The average Bonchev–Trinajstić information content (AvgIpc) is 2.34. The van der Waals surface area contributed by atoms with Crippen molar-refractivity contribution in [3.8, 4) is 0 Å². The molecule has 0 radical (unpaired) electrons. The van der Waals surface area contributed by atoms with Crippen LogP contribution in [0.4, 0.5) is 4.39 Å². The molecule has 1 aliphatic rings. The molecule has 1 saturated heterocycles. The molecule has 0 saturated carbocycles. The Morgan fingerprint density at radius 3 is 2.50 bits per heavy atom. The summed E-state index contributed by atoms with van der Waals surface area (Å²) < 4.78 is 14.0. The van der Waals surface area contributed by atoms with Gasteiger partial charge < -0.3 is 5.32 Å². The molecule has 1 aromatic rings. The van der Waals surface area contributed by atoms with E-state index in [-0.39, 0.29) is 37.5 Å². The molecule has 1 fully saturated rings. The highest BCUT2D eigenvalue weighted by atomic mass is 79.9. The van der Waals surface area contributed by atoms with Gasteiger partial charge in [0.1, 0.15) is 6.67 Å². The van der Waals surface area contributed by atoms with Crippen molar-refractivity contribution in [2.24, 2.45) is 0 Å². The molecule has 0 unspecified atom stereocenters. The van der Waals surface area contributed by atoms with Crippen LogP contribution in [0.3, 0.4) is 0 Å². The second-order valence-electron chi connectivity index (χ2n) is 3.86. The molecule has 0 aromatic carbocycles. The van der Waals surface area contributed by atoms with E-state index >= 15 is 0 Å². The summed E-state index contributed by atoms with van der Waals surface area (Å²) in [5.41, 5.74) is 0.813. The first-order chi connectivity index (χ1) is 7.81. The molecule has 104 valence electrons. The average molecular weight is 361 g/mol. The van der Waals surface area contributed by atoms with E-state index in [9.17, 15) is 4.39 Å². The van der Waals surface area contributed by atoms with Gasteiger partial charge in [0.15, 0.2) is 0 Å². The van der Waals surface area contributed by atoms with Crippen molar-refractivity contribution in [1.29, 1.82) is 0 Å². The predicted octanol–water partition coefficient (Wildman–Crippen LogP) is 2.60. The SMILES string of the molecule is Cl.Cl.FC[C@H](c1ccc(Br)cn1)N1CCNCC1. The van der Waals surface area contributed by atoms with Gasteiger partial charge >= 0.3 is 0 Å². The summed E-state index contributed by atoms with van der Waals surface area (Å²) in [6.45, 7) is 3.23. The van der Waals surface area contributed by atoms with Crippen LogP contribution in [0, 0.1) is 0 Å². The first-order valence-corrected chi connectivity index (χ1v) is 6.23. The lowest BCUT2D eigenvalue weighted by Crippen LogP contribution is -2.45. The molecular weight excluding hydrogens is 344 g/mol. The molecule has 18 heavy (non-hydrogen) atoms. The van der Waals surface area contributed by atoms with Gasteiger partial charge in [-0.05, 0) is 28.1 Å². The molecule has 1 aliphatic heterocycles. The first kappa shape index (κ1) is 18.1. The smallest absolute Gasteiger partial charge is 0.111 e. The Balaban J connectivity index is 0.00000144. The maximum atomic E-state index is 13.1. The van der Waals surface area contributed by atoms with Gasteiger partial charge in [0.25, 0.3) is 0 Å². The normalized spacial score (nSPS) is 17.4. The van der Waals surface area contributed by atoms with Crippen molar-refractivity contribution in [1.82, 2.24) is 15.2 Å². The maximum Gasteiger partial charge on any atom is 0.111 e. The fourth-order valence-electron chi connectivity index (χ4n) is 1.94. The quantitative estimate of drug-likeness (QED) is 0.897. The predicted molar refractivity (Wildman–Crippen MR) is 79.6 cm³/mol. The Kier molecular flexibility index (Phi) is 9.07. The van der Waals surface area contributed by atoms with Crippen LogP contribution in [0.1, 0.15) is 11.7 Å². The third-order valence-corrected chi connectivity index (χ3v) is 3.30.